The largest absolute Gasteiger partial charge is 0.339 e. The Kier molecular flexibility index (Phi) is 3.88. The van der Waals surface area contributed by atoms with Crippen LogP contribution < -0.4 is 0 Å². The monoisotopic (exact) mass is 378 g/mol. The molecule has 0 radical (unpaired) electrons. The van der Waals surface area contributed by atoms with E-state index in [4.69, 9.17) is 0 Å². The number of amides is 1. The van der Waals surface area contributed by atoms with Crippen LogP contribution in [0.2, 0.25) is 0 Å². The first-order valence-electron chi connectivity index (χ1n) is 9.74. The minimum absolute atomic E-state index is 0.0456. The van der Waals surface area contributed by atoms with Gasteiger partial charge in [0, 0.05) is 36.7 Å². The highest BCUT2D eigenvalue weighted by Gasteiger charge is 2.43. The van der Waals surface area contributed by atoms with Crippen molar-refractivity contribution in [1.29, 1.82) is 0 Å². The van der Waals surface area contributed by atoms with Gasteiger partial charge in [0.1, 0.15) is 15.7 Å². The molecular formula is C22H20B2N4O. The Morgan fingerprint density at radius 1 is 1.03 bits per heavy atom. The molecule has 1 amide bonds. The SMILES string of the molecule is BC1(B)c2ncccc2C(=O)N1Cc1ccc(-c2ccc3nn(C)cc3c2)cc1. The molecule has 0 N–H and O–H groups in total. The Hall–Kier alpha value is -3.34. The van der Waals surface area contributed by atoms with Crippen LogP contribution in [0.4, 0.5) is 0 Å². The number of benzene rings is 2. The fourth-order valence-electron chi connectivity index (χ4n) is 4.18. The lowest BCUT2D eigenvalue weighted by atomic mass is 9.59. The van der Waals surface area contributed by atoms with Gasteiger partial charge in [-0.25, -0.2) is 0 Å². The summed E-state index contributed by atoms with van der Waals surface area (Å²) in [6.07, 6.45) is 3.78. The van der Waals surface area contributed by atoms with Gasteiger partial charge >= 0.3 is 0 Å². The van der Waals surface area contributed by atoms with Crippen LogP contribution in [0.3, 0.4) is 0 Å². The normalized spacial score (nSPS) is 15.1. The molecule has 1 aliphatic rings. The summed E-state index contributed by atoms with van der Waals surface area (Å²) < 4.78 is 1.83. The van der Waals surface area contributed by atoms with Crippen LogP contribution in [-0.2, 0) is 18.9 Å². The zero-order valence-corrected chi connectivity index (χ0v) is 16.8. The number of carbonyl (C=O) groups is 1. The summed E-state index contributed by atoms with van der Waals surface area (Å²) in [7, 11) is 6.05. The summed E-state index contributed by atoms with van der Waals surface area (Å²) in [5.74, 6) is 0.0456. The second-order valence-electron chi connectivity index (χ2n) is 8.12. The predicted octanol–water partition coefficient (Wildman–Crippen LogP) is 1.67. The molecule has 4 aromatic rings. The van der Waals surface area contributed by atoms with Gasteiger partial charge in [-0.2, -0.15) is 5.10 Å². The maximum atomic E-state index is 12.9. The van der Waals surface area contributed by atoms with Gasteiger partial charge in [-0.15, -0.1) is 0 Å². The van der Waals surface area contributed by atoms with Crippen LogP contribution in [0, 0.1) is 0 Å². The molecule has 7 heteroatoms. The van der Waals surface area contributed by atoms with Gasteiger partial charge in [0.15, 0.2) is 0 Å². The third-order valence-electron chi connectivity index (χ3n) is 5.78. The molecule has 3 heterocycles. The van der Waals surface area contributed by atoms with Crippen LogP contribution in [0.5, 0.6) is 0 Å². The lowest BCUT2D eigenvalue weighted by Crippen LogP contribution is -2.44. The van der Waals surface area contributed by atoms with Gasteiger partial charge in [0.2, 0.25) is 0 Å². The molecule has 0 fully saturated rings. The number of fused-ring (bicyclic) bond motifs is 2. The highest BCUT2D eigenvalue weighted by atomic mass is 16.2. The molecule has 5 rings (SSSR count). The summed E-state index contributed by atoms with van der Waals surface area (Å²) in [6.45, 7) is 0.560. The molecule has 1 aliphatic heterocycles. The Morgan fingerprint density at radius 3 is 2.55 bits per heavy atom. The molecule has 0 unspecified atom stereocenters. The molecular weight excluding hydrogens is 358 g/mol. The van der Waals surface area contributed by atoms with Gasteiger partial charge in [0.25, 0.3) is 5.91 Å². The Morgan fingerprint density at radius 2 is 1.79 bits per heavy atom. The third-order valence-corrected chi connectivity index (χ3v) is 5.78. The highest BCUT2D eigenvalue weighted by Crippen LogP contribution is 2.34. The fourth-order valence-corrected chi connectivity index (χ4v) is 4.18. The van der Waals surface area contributed by atoms with Gasteiger partial charge in [-0.3, -0.25) is 14.5 Å². The summed E-state index contributed by atoms with van der Waals surface area (Å²) >= 11 is 0. The zero-order valence-electron chi connectivity index (χ0n) is 16.8. The number of nitrogens with zero attached hydrogens (tertiary/aromatic N) is 4. The van der Waals surface area contributed by atoms with Crippen molar-refractivity contribution >= 4 is 32.5 Å². The molecule has 140 valence electrons. The lowest BCUT2D eigenvalue weighted by Gasteiger charge is -2.32. The van der Waals surface area contributed by atoms with E-state index in [0.717, 1.165) is 33.3 Å². The minimum atomic E-state index is -0.419. The summed E-state index contributed by atoms with van der Waals surface area (Å²) in [5.41, 5.74) is 5.97. The van der Waals surface area contributed by atoms with Crippen molar-refractivity contribution < 1.29 is 4.79 Å². The van der Waals surface area contributed by atoms with Crippen molar-refractivity contribution in [3.05, 3.63) is 83.8 Å². The summed E-state index contributed by atoms with van der Waals surface area (Å²) in [6, 6.07) is 18.4. The van der Waals surface area contributed by atoms with Crippen molar-refractivity contribution in [2.75, 3.05) is 0 Å². The van der Waals surface area contributed by atoms with E-state index in [1.54, 1.807) is 6.20 Å². The molecule has 0 atom stereocenters. The van der Waals surface area contributed by atoms with Gasteiger partial charge in [-0.1, -0.05) is 30.3 Å². The van der Waals surface area contributed by atoms with Crippen LogP contribution in [0.25, 0.3) is 22.0 Å². The number of aromatic nitrogens is 3. The van der Waals surface area contributed by atoms with Crippen LogP contribution in [0.1, 0.15) is 21.6 Å². The molecule has 5 nitrogen and oxygen atoms in total. The van der Waals surface area contributed by atoms with Gasteiger partial charge in [0.05, 0.1) is 16.8 Å². The van der Waals surface area contributed by atoms with Gasteiger partial charge in [-0.05, 0) is 41.0 Å². The number of aryl methyl sites for hydroxylation is 1. The molecule has 29 heavy (non-hydrogen) atoms. The van der Waals surface area contributed by atoms with E-state index in [-0.39, 0.29) is 5.91 Å². The average molecular weight is 378 g/mol. The third kappa shape index (κ3) is 2.85. The molecule has 0 saturated heterocycles. The number of rotatable bonds is 3. The van der Waals surface area contributed by atoms with E-state index in [2.05, 4.69) is 62.2 Å². The van der Waals surface area contributed by atoms with Crippen molar-refractivity contribution in [3.63, 3.8) is 0 Å². The van der Waals surface area contributed by atoms with E-state index in [0.29, 0.717) is 12.1 Å². The quantitative estimate of drug-likeness (QED) is 0.510. The molecule has 2 aromatic heterocycles. The van der Waals surface area contributed by atoms with E-state index in [9.17, 15) is 4.79 Å². The fraction of sp³-hybridized carbons (Fsp3) is 0.136. The standard InChI is InChI=1S/C22H20B2N4O/c1-27-13-17-11-16(8-9-19(17)26-27)15-6-4-14(5-7-15)12-28-21(29)18-3-2-10-25-20(18)22(28,23)24/h2-11,13H,12,23-24H2,1H3. The van der Waals surface area contributed by atoms with E-state index < -0.39 is 5.34 Å². The smallest absolute Gasteiger partial charge is 0.255 e. The van der Waals surface area contributed by atoms with E-state index in [1.165, 1.54) is 0 Å². The summed E-state index contributed by atoms with van der Waals surface area (Å²) in [5, 5.41) is 5.14. The Labute approximate surface area is 171 Å². The van der Waals surface area contributed by atoms with Crippen molar-refractivity contribution in [3.8, 4) is 11.1 Å². The lowest BCUT2D eigenvalue weighted by molar-refractivity contribution is 0.0731. The Balaban J connectivity index is 1.41. The average Bonchev–Trinajstić information content (AvgIpc) is 3.18. The first-order valence-corrected chi connectivity index (χ1v) is 9.74. The molecule has 0 bridgehead atoms. The first-order chi connectivity index (χ1) is 13.9. The maximum absolute atomic E-state index is 12.9. The van der Waals surface area contributed by atoms with Crippen molar-refractivity contribution in [1.82, 2.24) is 19.7 Å². The summed E-state index contributed by atoms with van der Waals surface area (Å²) in [4.78, 5) is 19.3. The van der Waals surface area contributed by atoms with Crippen molar-refractivity contribution in [2.45, 2.75) is 11.9 Å². The maximum Gasteiger partial charge on any atom is 0.255 e. The zero-order chi connectivity index (χ0) is 20.2. The topological polar surface area (TPSA) is 51.0 Å². The van der Waals surface area contributed by atoms with Gasteiger partial charge < -0.3 is 4.90 Å². The van der Waals surface area contributed by atoms with Crippen LogP contribution in [-0.4, -0.2) is 41.3 Å². The molecule has 2 aromatic carbocycles. The van der Waals surface area contributed by atoms with Crippen LogP contribution in [0.15, 0.2) is 67.0 Å². The van der Waals surface area contributed by atoms with E-state index in [1.807, 2.05) is 41.0 Å². The first kappa shape index (κ1) is 17.7. The van der Waals surface area contributed by atoms with Crippen molar-refractivity contribution in [2.24, 2.45) is 7.05 Å². The van der Waals surface area contributed by atoms with E-state index >= 15 is 0 Å². The molecule has 0 aliphatic carbocycles. The minimum Gasteiger partial charge on any atom is -0.339 e. The second-order valence-corrected chi connectivity index (χ2v) is 8.12. The number of hydrogen-bond donors (Lipinski definition) is 0. The molecule has 0 saturated carbocycles. The highest BCUT2D eigenvalue weighted by molar-refractivity contribution is 6.42. The number of carbonyl (C=O) groups excluding carboxylic acids is 1. The van der Waals surface area contributed by atoms with Crippen LogP contribution >= 0.6 is 0 Å². The second kappa shape index (κ2) is 6.34. The molecule has 0 spiro atoms. The Bertz CT molecular complexity index is 1250. The number of pyridine rings is 1. The number of hydrogen-bond acceptors (Lipinski definition) is 3. The predicted molar refractivity (Wildman–Crippen MR) is 119 cm³/mol.